The molecule has 4 rings (SSSR count). The van der Waals surface area contributed by atoms with Crippen molar-refractivity contribution in [3.63, 3.8) is 0 Å². The number of rotatable bonds is 1. The second kappa shape index (κ2) is 5.99. The first-order valence-corrected chi connectivity index (χ1v) is 9.49. The lowest BCUT2D eigenvalue weighted by Crippen LogP contribution is -2.33. The molecule has 0 aromatic rings. The van der Waals surface area contributed by atoms with Crippen LogP contribution in [0.5, 0.6) is 0 Å². The molecule has 4 heterocycles. The van der Waals surface area contributed by atoms with Crippen molar-refractivity contribution >= 4 is 17.5 Å². The van der Waals surface area contributed by atoms with Crippen molar-refractivity contribution in [2.24, 2.45) is 5.92 Å². The Labute approximate surface area is 153 Å². The summed E-state index contributed by atoms with van der Waals surface area (Å²) in [4.78, 5) is 37.3. The molecule has 0 N–H and O–H groups in total. The Bertz CT molecular complexity index is 684. The zero-order chi connectivity index (χ0) is 18.7. The predicted molar refractivity (Wildman–Crippen MR) is 91.4 cm³/mol. The number of esters is 1. The Morgan fingerprint density at radius 3 is 2.65 bits per heavy atom. The molecule has 0 aromatic carbocycles. The van der Waals surface area contributed by atoms with Gasteiger partial charge in [-0.15, -0.1) is 0 Å². The molecule has 0 unspecified atom stereocenters. The summed E-state index contributed by atoms with van der Waals surface area (Å²) in [6, 6.07) is 0. The van der Waals surface area contributed by atoms with E-state index < -0.39 is 17.3 Å². The number of Topliss-reactive ketones (excluding diaryl/α,β-unsaturated/α-hetero) is 2. The van der Waals surface area contributed by atoms with Crippen LogP contribution in [0.2, 0.25) is 0 Å². The van der Waals surface area contributed by atoms with E-state index >= 15 is 0 Å². The van der Waals surface area contributed by atoms with Crippen LogP contribution in [0.3, 0.4) is 0 Å². The highest BCUT2D eigenvalue weighted by Gasteiger charge is 2.73. The highest BCUT2D eigenvalue weighted by atomic mass is 16.7. The number of ketones is 2. The van der Waals surface area contributed by atoms with Gasteiger partial charge in [-0.25, -0.2) is 4.79 Å². The molecule has 4 aliphatic rings. The van der Waals surface area contributed by atoms with Gasteiger partial charge in [-0.3, -0.25) is 9.59 Å². The van der Waals surface area contributed by atoms with Crippen LogP contribution in [0, 0.1) is 5.92 Å². The fourth-order valence-corrected chi connectivity index (χ4v) is 4.82. The summed E-state index contributed by atoms with van der Waals surface area (Å²) in [6.45, 7) is 7.78. The first-order chi connectivity index (χ1) is 12.2. The molecule has 0 saturated carbocycles. The number of carbonyl (C=O) groups is 3. The SMILES string of the molecule is C=C(C)[C@H]1CCC[C@]23O[C@H]2[C@@H](C[C@@]2(C)CC(=O)[C@@H](CC(=O)C1)O2)OC3=O. The van der Waals surface area contributed by atoms with Crippen LogP contribution < -0.4 is 0 Å². The summed E-state index contributed by atoms with van der Waals surface area (Å²) < 4.78 is 17.3. The first kappa shape index (κ1) is 17.9. The van der Waals surface area contributed by atoms with Gasteiger partial charge in [0, 0.05) is 25.7 Å². The van der Waals surface area contributed by atoms with Crippen LogP contribution >= 0.6 is 0 Å². The molecule has 142 valence electrons. The van der Waals surface area contributed by atoms with Gasteiger partial charge in [0.2, 0.25) is 0 Å². The molecule has 0 aliphatic carbocycles. The smallest absolute Gasteiger partial charge is 0.341 e. The molecule has 4 fully saturated rings. The van der Waals surface area contributed by atoms with Gasteiger partial charge in [0.25, 0.3) is 0 Å². The Kier molecular flexibility index (Phi) is 4.12. The van der Waals surface area contributed by atoms with Crippen molar-refractivity contribution in [1.82, 2.24) is 0 Å². The quantitative estimate of drug-likeness (QED) is 0.404. The summed E-state index contributed by atoms with van der Waals surface area (Å²) in [7, 11) is 0. The minimum atomic E-state index is -0.823. The zero-order valence-corrected chi connectivity index (χ0v) is 15.4. The molecule has 6 nitrogen and oxygen atoms in total. The van der Waals surface area contributed by atoms with Gasteiger partial charge in [-0.2, -0.15) is 0 Å². The van der Waals surface area contributed by atoms with E-state index in [4.69, 9.17) is 14.2 Å². The van der Waals surface area contributed by atoms with E-state index in [0.717, 1.165) is 18.4 Å². The van der Waals surface area contributed by atoms with Gasteiger partial charge in [0.05, 0.1) is 5.60 Å². The van der Waals surface area contributed by atoms with Crippen LogP contribution in [-0.4, -0.2) is 47.0 Å². The van der Waals surface area contributed by atoms with Gasteiger partial charge in [0.15, 0.2) is 11.4 Å². The number of ether oxygens (including phenoxy) is 3. The molecule has 4 aliphatic heterocycles. The molecule has 0 radical (unpaired) electrons. The van der Waals surface area contributed by atoms with Crippen LogP contribution in [0.15, 0.2) is 12.2 Å². The molecule has 26 heavy (non-hydrogen) atoms. The lowest BCUT2D eigenvalue weighted by Gasteiger charge is -2.26. The predicted octanol–water partition coefficient (Wildman–Crippen LogP) is 2.28. The molecule has 0 amide bonds. The summed E-state index contributed by atoms with van der Waals surface area (Å²) in [6.07, 6.45) is 1.99. The fourth-order valence-electron chi connectivity index (χ4n) is 4.82. The van der Waals surface area contributed by atoms with Crippen molar-refractivity contribution in [2.45, 2.75) is 88.3 Å². The number of allylic oxidation sites excluding steroid dienone is 1. The van der Waals surface area contributed by atoms with Crippen molar-refractivity contribution in [3.8, 4) is 0 Å². The van der Waals surface area contributed by atoms with Gasteiger partial charge in [0.1, 0.15) is 24.1 Å². The van der Waals surface area contributed by atoms with E-state index in [2.05, 4.69) is 6.58 Å². The number of carbonyl (C=O) groups excluding carboxylic acids is 3. The van der Waals surface area contributed by atoms with Gasteiger partial charge in [-0.05, 0) is 39.0 Å². The second-order valence-electron chi connectivity index (χ2n) is 8.66. The molecule has 6 heteroatoms. The average Bonchev–Trinajstić information content (AvgIpc) is 3.13. The number of hydrogen-bond acceptors (Lipinski definition) is 6. The first-order valence-electron chi connectivity index (χ1n) is 9.49. The van der Waals surface area contributed by atoms with E-state index in [1.54, 1.807) is 0 Å². The largest absolute Gasteiger partial charge is 0.457 e. The number of fused-ring (bicyclic) bond motifs is 2. The van der Waals surface area contributed by atoms with E-state index in [1.807, 2.05) is 13.8 Å². The maximum absolute atomic E-state index is 12.5. The average molecular weight is 362 g/mol. The van der Waals surface area contributed by atoms with Crippen LogP contribution in [0.1, 0.15) is 58.8 Å². The summed E-state index contributed by atoms with van der Waals surface area (Å²) in [5, 5.41) is 0. The van der Waals surface area contributed by atoms with Crippen molar-refractivity contribution in [3.05, 3.63) is 12.2 Å². The summed E-state index contributed by atoms with van der Waals surface area (Å²) in [5.74, 6) is -0.258. The van der Waals surface area contributed by atoms with Crippen LogP contribution in [0.25, 0.3) is 0 Å². The van der Waals surface area contributed by atoms with Crippen LogP contribution in [-0.2, 0) is 28.6 Å². The summed E-state index contributed by atoms with van der Waals surface area (Å²) in [5.41, 5.74) is -0.587. The fraction of sp³-hybridized carbons (Fsp3) is 0.750. The standard InChI is InChI=1S/C20H26O6/c1-11(2)12-5-4-6-20-17(26-20)16(24-18(20)23)10-19(3)9-14(22)15(25-19)8-13(21)7-12/h12,15-17H,1,4-10H2,2-3H3/t12-,15+,16+,17-,19+,20-/m0/s1. The maximum Gasteiger partial charge on any atom is 0.341 e. The molecular weight excluding hydrogens is 336 g/mol. The maximum atomic E-state index is 12.5. The van der Waals surface area contributed by atoms with Gasteiger partial charge < -0.3 is 14.2 Å². The molecular formula is C20H26O6. The van der Waals surface area contributed by atoms with E-state index in [9.17, 15) is 14.4 Å². The Morgan fingerprint density at radius 2 is 1.96 bits per heavy atom. The third-order valence-electron chi connectivity index (χ3n) is 6.33. The monoisotopic (exact) mass is 362 g/mol. The molecule has 6 atom stereocenters. The van der Waals surface area contributed by atoms with E-state index in [1.165, 1.54) is 0 Å². The minimum absolute atomic E-state index is 0.0340. The second-order valence-corrected chi connectivity index (χ2v) is 8.66. The Balaban J connectivity index is 1.58. The third-order valence-corrected chi connectivity index (χ3v) is 6.33. The minimum Gasteiger partial charge on any atom is -0.457 e. The lowest BCUT2D eigenvalue weighted by molar-refractivity contribution is -0.157. The zero-order valence-electron chi connectivity index (χ0n) is 15.4. The van der Waals surface area contributed by atoms with Gasteiger partial charge in [-0.1, -0.05) is 12.2 Å². The lowest BCUT2D eigenvalue weighted by atomic mass is 9.86. The van der Waals surface area contributed by atoms with E-state index in [0.29, 0.717) is 19.3 Å². The summed E-state index contributed by atoms with van der Waals surface area (Å²) >= 11 is 0. The molecule has 0 spiro atoms. The third kappa shape index (κ3) is 2.93. The molecule has 4 bridgehead atoms. The van der Waals surface area contributed by atoms with E-state index in [-0.39, 0.29) is 48.5 Å². The van der Waals surface area contributed by atoms with Gasteiger partial charge >= 0.3 is 5.97 Å². The van der Waals surface area contributed by atoms with Crippen molar-refractivity contribution < 1.29 is 28.6 Å². The number of hydrogen-bond donors (Lipinski definition) is 0. The van der Waals surface area contributed by atoms with Crippen molar-refractivity contribution in [2.75, 3.05) is 0 Å². The normalized spacial score (nSPS) is 45.7. The Morgan fingerprint density at radius 1 is 1.19 bits per heavy atom. The highest BCUT2D eigenvalue weighted by Crippen LogP contribution is 2.53. The molecule has 4 saturated heterocycles. The van der Waals surface area contributed by atoms with Crippen molar-refractivity contribution in [1.29, 1.82) is 0 Å². The highest BCUT2D eigenvalue weighted by molar-refractivity contribution is 5.92. The van der Waals surface area contributed by atoms with Crippen LogP contribution in [0.4, 0.5) is 0 Å². The number of epoxide rings is 1. The topological polar surface area (TPSA) is 82.2 Å². The molecule has 0 aromatic heterocycles. The Hall–Kier alpha value is -1.53.